The molecule has 0 radical (unpaired) electrons. The molecule has 0 bridgehead atoms. The monoisotopic (exact) mass is 358 g/mol. The van der Waals surface area contributed by atoms with E-state index in [0.717, 1.165) is 11.1 Å². The molecule has 1 aliphatic carbocycles. The van der Waals surface area contributed by atoms with Crippen LogP contribution in [0.2, 0.25) is 0 Å². The largest absolute Gasteiger partial charge is 0.300 e. The van der Waals surface area contributed by atoms with E-state index >= 15 is 0 Å². The summed E-state index contributed by atoms with van der Waals surface area (Å²) >= 11 is 0. The fourth-order valence-corrected chi connectivity index (χ4v) is 4.19. The van der Waals surface area contributed by atoms with Crippen LogP contribution in [0.1, 0.15) is 57.8 Å². The van der Waals surface area contributed by atoms with Crippen LogP contribution in [-0.2, 0) is 4.79 Å². The Morgan fingerprint density at radius 3 is 1.96 bits per heavy atom. The van der Waals surface area contributed by atoms with Crippen molar-refractivity contribution in [2.45, 2.75) is 25.2 Å². The summed E-state index contributed by atoms with van der Waals surface area (Å²) in [6.07, 6.45) is 0.211. The van der Waals surface area contributed by atoms with Gasteiger partial charge in [-0.05, 0) is 29.7 Å². The van der Waals surface area contributed by atoms with Crippen LogP contribution in [0.4, 0.5) is 4.39 Å². The molecule has 134 valence electrons. The quantitative estimate of drug-likeness (QED) is 0.637. The van der Waals surface area contributed by atoms with Crippen LogP contribution in [0.3, 0.4) is 0 Å². The van der Waals surface area contributed by atoms with Gasteiger partial charge in [0.25, 0.3) is 0 Å². The zero-order chi connectivity index (χ0) is 19.0. The molecule has 1 atom stereocenters. The van der Waals surface area contributed by atoms with Gasteiger partial charge in [-0.15, -0.1) is 0 Å². The summed E-state index contributed by atoms with van der Waals surface area (Å²) in [5.74, 6) is -0.978. The zero-order valence-corrected chi connectivity index (χ0v) is 15.0. The molecule has 0 amide bonds. The number of benzene rings is 3. The minimum atomic E-state index is -0.376. The highest BCUT2D eigenvalue weighted by molar-refractivity contribution is 6.12. The zero-order valence-electron chi connectivity index (χ0n) is 15.0. The lowest BCUT2D eigenvalue weighted by molar-refractivity contribution is -0.117. The highest BCUT2D eigenvalue weighted by Crippen LogP contribution is 2.46. The highest BCUT2D eigenvalue weighted by atomic mass is 19.1. The lowest BCUT2D eigenvalue weighted by Gasteiger charge is -2.34. The van der Waals surface area contributed by atoms with E-state index in [2.05, 4.69) is 0 Å². The summed E-state index contributed by atoms with van der Waals surface area (Å²) in [4.78, 5) is 25.0. The van der Waals surface area contributed by atoms with Gasteiger partial charge in [-0.1, -0.05) is 66.7 Å². The van der Waals surface area contributed by atoms with Gasteiger partial charge in [-0.2, -0.15) is 0 Å². The Balaban J connectivity index is 1.98. The van der Waals surface area contributed by atoms with E-state index in [9.17, 15) is 14.0 Å². The van der Waals surface area contributed by atoms with Gasteiger partial charge in [0.05, 0.1) is 0 Å². The molecule has 3 aromatic carbocycles. The van der Waals surface area contributed by atoms with Gasteiger partial charge < -0.3 is 4.79 Å². The molecule has 0 saturated carbocycles. The molecule has 0 heterocycles. The Kier molecular flexibility index (Phi) is 4.44. The number of hydrogen-bond acceptors (Lipinski definition) is 2. The number of halogens is 1. The van der Waals surface area contributed by atoms with Crippen molar-refractivity contribution in [1.29, 1.82) is 0 Å². The van der Waals surface area contributed by atoms with Gasteiger partial charge in [0, 0.05) is 29.4 Å². The van der Waals surface area contributed by atoms with E-state index in [1.165, 1.54) is 13.0 Å². The average Bonchev–Trinajstić information content (AvgIpc) is 2.68. The fourth-order valence-electron chi connectivity index (χ4n) is 4.19. The highest BCUT2D eigenvalue weighted by Gasteiger charge is 2.37. The first-order chi connectivity index (χ1) is 13.1. The van der Waals surface area contributed by atoms with Crippen molar-refractivity contribution < 1.29 is 14.0 Å². The molecule has 0 fully saturated rings. The maximum absolute atomic E-state index is 14.7. The number of rotatable bonds is 4. The number of ketones is 2. The summed E-state index contributed by atoms with van der Waals surface area (Å²) < 4.78 is 14.7. The van der Waals surface area contributed by atoms with Crippen molar-refractivity contribution in [3.63, 3.8) is 0 Å². The predicted octanol–water partition coefficient (Wildman–Crippen LogP) is 5.26. The molecule has 4 rings (SSSR count). The standard InChI is InChI=1S/C24H19FO2/c1-15(26)14-21(16-8-6-7-13-22(16)25)23-17-9-2-4-11-19(17)24(27)20-12-5-3-10-18(20)23/h2-13,21,23H,14H2,1H3/t21-/m1/s1. The second-order valence-corrected chi connectivity index (χ2v) is 7.02. The smallest absolute Gasteiger partial charge is 0.193 e. The summed E-state index contributed by atoms with van der Waals surface area (Å²) in [6, 6.07) is 21.5. The fraction of sp³-hybridized carbons (Fsp3) is 0.167. The first kappa shape index (κ1) is 17.3. The minimum absolute atomic E-state index is 0.00452. The minimum Gasteiger partial charge on any atom is -0.300 e. The molecular weight excluding hydrogens is 339 g/mol. The number of carbonyl (C=O) groups is 2. The lowest BCUT2D eigenvalue weighted by Crippen LogP contribution is -2.25. The second kappa shape index (κ2) is 6.92. The molecule has 3 heteroatoms. The van der Waals surface area contributed by atoms with Crippen molar-refractivity contribution >= 4 is 11.6 Å². The SMILES string of the molecule is CC(=O)C[C@H](c1ccccc1F)C1c2ccccc2C(=O)c2ccccc21. The van der Waals surface area contributed by atoms with Crippen LogP contribution in [0.15, 0.2) is 72.8 Å². The predicted molar refractivity (Wildman–Crippen MR) is 103 cm³/mol. The normalized spacial score (nSPS) is 14.4. The third-order valence-corrected chi connectivity index (χ3v) is 5.30. The van der Waals surface area contributed by atoms with E-state index in [1.54, 1.807) is 18.2 Å². The van der Waals surface area contributed by atoms with Crippen molar-refractivity contribution in [2.24, 2.45) is 0 Å². The van der Waals surface area contributed by atoms with Gasteiger partial charge in [-0.25, -0.2) is 4.39 Å². The number of hydrogen-bond donors (Lipinski definition) is 0. The van der Waals surface area contributed by atoms with E-state index in [4.69, 9.17) is 0 Å². The average molecular weight is 358 g/mol. The Bertz CT molecular complexity index is 988. The van der Waals surface area contributed by atoms with E-state index in [-0.39, 0.29) is 35.6 Å². The molecule has 2 nitrogen and oxygen atoms in total. The Morgan fingerprint density at radius 1 is 0.889 bits per heavy atom. The molecule has 0 unspecified atom stereocenters. The Labute approximate surface area is 157 Å². The first-order valence-corrected chi connectivity index (χ1v) is 9.04. The van der Waals surface area contributed by atoms with Crippen LogP contribution in [0.5, 0.6) is 0 Å². The van der Waals surface area contributed by atoms with Crippen molar-refractivity contribution in [2.75, 3.05) is 0 Å². The summed E-state index contributed by atoms with van der Waals surface area (Å²) in [5.41, 5.74) is 3.49. The number of Topliss-reactive ketones (excluding diaryl/α,β-unsaturated/α-hetero) is 1. The molecule has 27 heavy (non-hydrogen) atoms. The van der Waals surface area contributed by atoms with Crippen LogP contribution >= 0.6 is 0 Å². The van der Waals surface area contributed by atoms with Crippen molar-refractivity contribution in [1.82, 2.24) is 0 Å². The summed E-state index contributed by atoms with van der Waals surface area (Å²) in [6.45, 7) is 1.53. The number of carbonyl (C=O) groups excluding carboxylic acids is 2. The van der Waals surface area contributed by atoms with Crippen LogP contribution in [0.25, 0.3) is 0 Å². The summed E-state index contributed by atoms with van der Waals surface area (Å²) in [7, 11) is 0. The molecule has 0 saturated heterocycles. The van der Waals surface area contributed by atoms with Gasteiger partial charge in [-0.3, -0.25) is 4.79 Å². The molecule has 0 aliphatic heterocycles. The third-order valence-electron chi connectivity index (χ3n) is 5.30. The van der Waals surface area contributed by atoms with Gasteiger partial charge in [0.15, 0.2) is 5.78 Å². The van der Waals surface area contributed by atoms with Crippen LogP contribution < -0.4 is 0 Å². The van der Waals surface area contributed by atoms with Crippen molar-refractivity contribution in [3.8, 4) is 0 Å². The molecule has 0 spiro atoms. The lowest BCUT2D eigenvalue weighted by atomic mass is 9.68. The molecular formula is C24H19FO2. The molecule has 0 N–H and O–H groups in total. The van der Waals surface area contributed by atoms with Gasteiger partial charge in [0.1, 0.15) is 11.6 Å². The molecule has 3 aromatic rings. The van der Waals surface area contributed by atoms with Crippen LogP contribution in [-0.4, -0.2) is 11.6 Å². The van der Waals surface area contributed by atoms with Crippen molar-refractivity contribution in [3.05, 3.63) is 106 Å². The number of fused-ring (bicyclic) bond motifs is 2. The molecule has 0 aromatic heterocycles. The maximum Gasteiger partial charge on any atom is 0.193 e. The third kappa shape index (κ3) is 2.99. The molecule has 1 aliphatic rings. The van der Waals surface area contributed by atoms with Crippen LogP contribution in [0, 0.1) is 5.82 Å². The summed E-state index contributed by atoms with van der Waals surface area (Å²) in [5, 5.41) is 0. The Morgan fingerprint density at radius 2 is 1.41 bits per heavy atom. The first-order valence-electron chi connectivity index (χ1n) is 9.04. The second-order valence-electron chi connectivity index (χ2n) is 7.02. The van der Waals surface area contributed by atoms with Gasteiger partial charge in [0.2, 0.25) is 0 Å². The van der Waals surface area contributed by atoms with E-state index < -0.39 is 0 Å². The van der Waals surface area contributed by atoms with Gasteiger partial charge >= 0.3 is 0 Å². The topological polar surface area (TPSA) is 34.1 Å². The maximum atomic E-state index is 14.7. The Hall–Kier alpha value is -3.07. The van der Waals surface area contributed by atoms with E-state index in [0.29, 0.717) is 16.7 Å². The van der Waals surface area contributed by atoms with E-state index in [1.807, 2.05) is 48.5 Å².